The Kier molecular flexibility index (Phi) is 3.84. The number of aromatic amines is 1. The zero-order valence-electron chi connectivity index (χ0n) is 11.9. The van der Waals surface area contributed by atoms with E-state index in [1.165, 1.54) is 11.1 Å². The van der Waals surface area contributed by atoms with Crippen LogP contribution in [0.2, 0.25) is 0 Å². The Hall–Kier alpha value is -1.90. The van der Waals surface area contributed by atoms with Gasteiger partial charge in [-0.2, -0.15) is 0 Å². The SMILES string of the molecule is Cc1ccccc1Cc1nc(C)c(C(C)C)c(=O)[nH]1. The van der Waals surface area contributed by atoms with Gasteiger partial charge in [-0.25, -0.2) is 4.98 Å². The second-order valence-electron chi connectivity index (χ2n) is 5.27. The van der Waals surface area contributed by atoms with E-state index in [9.17, 15) is 4.79 Å². The minimum absolute atomic E-state index is 0.00826. The maximum Gasteiger partial charge on any atom is 0.254 e. The third-order valence-corrected chi connectivity index (χ3v) is 3.39. The molecule has 0 radical (unpaired) electrons. The Labute approximate surface area is 113 Å². The number of nitrogens with one attached hydrogen (secondary N) is 1. The fraction of sp³-hybridized carbons (Fsp3) is 0.375. The molecule has 1 aromatic carbocycles. The van der Waals surface area contributed by atoms with Crippen LogP contribution in [0.4, 0.5) is 0 Å². The molecule has 1 heterocycles. The molecule has 0 atom stereocenters. The number of H-pyrrole nitrogens is 1. The predicted molar refractivity (Wildman–Crippen MR) is 77.7 cm³/mol. The third kappa shape index (κ3) is 2.92. The quantitative estimate of drug-likeness (QED) is 0.917. The highest BCUT2D eigenvalue weighted by Crippen LogP contribution is 2.14. The van der Waals surface area contributed by atoms with Crippen LogP contribution in [0.25, 0.3) is 0 Å². The number of hydrogen-bond acceptors (Lipinski definition) is 2. The average molecular weight is 256 g/mol. The van der Waals surface area contributed by atoms with Gasteiger partial charge >= 0.3 is 0 Å². The molecule has 1 N–H and O–H groups in total. The standard InChI is InChI=1S/C16H20N2O/c1-10(2)15-12(4)17-14(18-16(15)19)9-13-8-6-5-7-11(13)3/h5-8,10H,9H2,1-4H3,(H,17,18,19). The molecule has 2 aromatic rings. The van der Waals surface area contributed by atoms with Gasteiger partial charge in [0, 0.05) is 17.7 Å². The van der Waals surface area contributed by atoms with Crippen molar-refractivity contribution in [2.24, 2.45) is 0 Å². The molecular weight excluding hydrogens is 236 g/mol. The van der Waals surface area contributed by atoms with Crippen LogP contribution in [-0.4, -0.2) is 9.97 Å². The van der Waals surface area contributed by atoms with E-state index in [1.54, 1.807) is 0 Å². The molecule has 0 bridgehead atoms. The van der Waals surface area contributed by atoms with Gasteiger partial charge in [0.15, 0.2) is 0 Å². The van der Waals surface area contributed by atoms with Gasteiger partial charge in [0.25, 0.3) is 5.56 Å². The van der Waals surface area contributed by atoms with Crippen molar-refractivity contribution in [3.8, 4) is 0 Å². The van der Waals surface area contributed by atoms with E-state index in [1.807, 2.05) is 32.9 Å². The van der Waals surface area contributed by atoms with E-state index in [2.05, 4.69) is 29.0 Å². The molecule has 0 aliphatic carbocycles. The Bertz CT molecular complexity index is 641. The lowest BCUT2D eigenvalue weighted by atomic mass is 10.0. The maximum atomic E-state index is 12.1. The van der Waals surface area contributed by atoms with Gasteiger partial charge in [0.1, 0.15) is 5.82 Å². The number of hydrogen-bond donors (Lipinski definition) is 1. The van der Waals surface area contributed by atoms with Crippen LogP contribution in [-0.2, 0) is 6.42 Å². The number of nitrogens with zero attached hydrogens (tertiary/aromatic N) is 1. The Morgan fingerprint density at radius 1 is 1.21 bits per heavy atom. The summed E-state index contributed by atoms with van der Waals surface area (Å²) in [6.45, 7) is 8.01. The fourth-order valence-corrected chi connectivity index (χ4v) is 2.41. The molecule has 0 aliphatic heterocycles. The number of benzene rings is 1. The molecule has 0 unspecified atom stereocenters. The van der Waals surface area contributed by atoms with Crippen molar-refractivity contribution >= 4 is 0 Å². The minimum Gasteiger partial charge on any atom is -0.310 e. The molecule has 1 aromatic heterocycles. The van der Waals surface area contributed by atoms with Gasteiger partial charge in [0.05, 0.1) is 0 Å². The van der Waals surface area contributed by atoms with E-state index in [4.69, 9.17) is 0 Å². The highest BCUT2D eigenvalue weighted by atomic mass is 16.1. The van der Waals surface area contributed by atoms with Crippen molar-refractivity contribution in [2.45, 2.75) is 40.0 Å². The van der Waals surface area contributed by atoms with Crippen LogP contribution in [0.15, 0.2) is 29.1 Å². The first kappa shape index (κ1) is 13.5. The second kappa shape index (κ2) is 5.39. The maximum absolute atomic E-state index is 12.1. The highest BCUT2D eigenvalue weighted by molar-refractivity contribution is 5.29. The first-order valence-corrected chi connectivity index (χ1v) is 6.63. The van der Waals surface area contributed by atoms with E-state index in [-0.39, 0.29) is 11.5 Å². The summed E-state index contributed by atoms with van der Waals surface area (Å²) in [7, 11) is 0. The second-order valence-corrected chi connectivity index (χ2v) is 5.27. The predicted octanol–water partition coefficient (Wildman–Crippen LogP) is 3.10. The molecule has 0 saturated carbocycles. The van der Waals surface area contributed by atoms with Crippen molar-refractivity contribution < 1.29 is 0 Å². The lowest BCUT2D eigenvalue weighted by molar-refractivity contribution is 0.791. The smallest absolute Gasteiger partial charge is 0.254 e. The van der Waals surface area contributed by atoms with Gasteiger partial charge in [-0.3, -0.25) is 4.79 Å². The van der Waals surface area contributed by atoms with E-state index >= 15 is 0 Å². The molecule has 0 fully saturated rings. The molecule has 0 saturated heterocycles. The van der Waals surface area contributed by atoms with Crippen LogP contribution in [0.5, 0.6) is 0 Å². The van der Waals surface area contributed by atoms with Gasteiger partial charge in [-0.15, -0.1) is 0 Å². The Morgan fingerprint density at radius 3 is 2.47 bits per heavy atom. The first-order chi connectivity index (χ1) is 8.99. The zero-order chi connectivity index (χ0) is 14.0. The van der Waals surface area contributed by atoms with E-state index in [0.29, 0.717) is 6.42 Å². The van der Waals surface area contributed by atoms with Crippen molar-refractivity contribution in [3.05, 3.63) is 62.8 Å². The first-order valence-electron chi connectivity index (χ1n) is 6.63. The van der Waals surface area contributed by atoms with Crippen LogP contribution in [0.1, 0.15) is 48.0 Å². The number of aryl methyl sites for hydroxylation is 2. The third-order valence-electron chi connectivity index (χ3n) is 3.39. The summed E-state index contributed by atoms with van der Waals surface area (Å²) in [5.41, 5.74) is 4.03. The summed E-state index contributed by atoms with van der Waals surface area (Å²) in [4.78, 5) is 19.5. The van der Waals surface area contributed by atoms with Gasteiger partial charge in [0.2, 0.25) is 0 Å². The summed E-state index contributed by atoms with van der Waals surface area (Å²) in [6, 6.07) is 8.17. The number of rotatable bonds is 3. The fourth-order valence-electron chi connectivity index (χ4n) is 2.41. The average Bonchev–Trinajstić information content (AvgIpc) is 2.30. The topological polar surface area (TPSA) is 45.8 Å². The molecule has 3 nitrogen and oxygen atoms in total. The largest absolute Gasteiger partial charge is 0.310 e. The van der Waals surface area contributed by atoms with Crippen LogP contribution < -0.4 is 5.56 Å². The summed E-state index contributed by atoms with van der Waals surface area (Å²) >= 11 is 0. The summed E-state index contributed by atoms with van der Waals surface area (Å²) in [5, 5.41) is 0. The highest BCUT2D eigenvalue weighted by Gasteiger charge is 2.12. The molecule has 19 heavy (non-hydrogen) atoms. The van der Waals surface area contributed by atoms with Gasteiger partial charge in [-0.1, -0.05) is 38.1 Å². The molecular formula is C16H20N2O. The zero-order valence-corrected chi connectivity index (χ0v) is 11.9. The monoisotopic (exact) mass is 256 g/mol. The van der Waals surface area contributed by atoms with Crippen molar-refractivity contribution in [1.82, 2.24) is 9.97 Å². The molecule has 100 valence electrons. The summed E-state index contributed by atoms with van der Waals surface area (Å²) in [6.07, 6.45) is 0.668. The molecule has 2 rings (SSSR count). The normalized spacial score (nSPS) is 11.0. The van der Waals surface area contributed by atoms with Crippen molar-refractivity contribution in [2.75, 3.05) is 0 Å². The van der Waals surface area contributed by atoms with E-state index < -0.39 is 0 Å². The van der Waals surface area contributed by atoms with Crippen LogP contribution in [0.3, 0.4) is 0 Å². The molecule has 0 aliphatic rings. The van der Waals surface area contributed by atoms with Gasteiger partial charge < -0.3 is 4.98 Å². The molecule has 0 amide bonds. The number of aromatic nitrogens is 2. The van der Waals surface area contributed by atoms with Crippen LogP contribution >= 0.6 is 0 Å². The Balaban J connectivity index is 2.38. The molecule has 3 heteroatoms. The van der Waals surface area contributed by atoms with Gasteiger partial charge in [-0.05, 0) is 30.9 Å². The Morgan fingerprint density at radius 2 is 1.89 bits per heavy atom. The van der Waals surface area contributed by atoms with Crippen LogP contribution in [0, 0.1) is 13.8 Å². The van der Waals surface area contributed by atoms with Crippen molar-refractivity contribution in [3.63, 3.8) is 0 Å². The lowest BCUT2D eigenvalue weighted by Gasteiger charge is -2.10. The minimum atomic E-state index is -0.00826. The van der Waals surface area contributed by atoms with Crippen molar-refractivity contribution in [1.29, 1.82) is 0 Å². The van der Waals surface area contributed by atoms with E-state index in [0.717, 1.165) is 17.1 Å². The lowest BCUT2D eigenvalue weighted by Crippen LogP contribution is -2.20. The molecule has 0 spiro atoms. The summed E-state index contributed by atoms with van der Waals surface area (Å²) in [5.74, 6) is 0.935. The summed E-state index contributed by atoms with van der Waals surface area (Å²) < 4.78 is 0.